The van der Waals surface area contributed by atoms with Gasteiger partial charge >= 0.3 is 0 Å². The molecule has 0 aliphatic carbocycles. The molecule has 0 N–H and O–H groups in total. The van der Waals surface area contributed by atoms with Crippen molar-refractivity contribution in [2.45, 2.75) is 0 Å². The summed E-state index contributed by atoms with van der Waals surface area (Å²) in [6.07, 6.45) is 5.00. The van der Waals surface area contributed by atoms with Crippen LogP contribution in [0.5, 0.6) is 11.5 Å². The summed E-state index contributed by atoms with van der Waals surface area (Å²) in [5, 5.41) is 9.96. The predicted octanol–water partition coefficient (Wildman–Crippen LogP) is 5.65. The lowest BCUT2D eigenvalue weighted by Gasteiger charge is -2.06. The number of aliphatic imine (C=N–C) groups is 1. The molecular weight excluding hydrogens is 390 g/mol. The molecule has 0 bridgehead atoms. The minimum atomic E-state index is 0.239. The van der Waals surface area contributed by atoms with Gasteiger partial charge in [-0.3, -0.25) is 4.98 Å². The minimum absolute atomic E-state index is 0.239. The highest BCUT2D eigenvalue weighted by Crippen LogP contribution is 2.43. The summed E-state index contributed by atoms with van der Waals surface area (Å²) in [4.78, 5) is 8.52. The lowest BCUT2D eigenvalue weighted by atomic mass is 9.98. The second-order valence-corrected chi connectivity index (χ2v) is 6.60. The van der Waals surface area contributed by atoms with E-state index in [2.05, 4.69) is 16.0 Å². The van der Waals surface area contributed by atoms with Crippen LogP contribution in [0, 0.1) is 11.3 Å². The van der Waals surface area contributed by atoms with E-state index >= 15 is 0 Å². The topological polar surface area (TPSA) is 80.6 Å². The van der Waals surface area contributed by atoms with Crippen molar-refractivity contribution in [3.8, 4) is 40.0 Å². The van der Waals surface area contributed by atoms with Gasteiger partial charge in [-0.25, -0.2) is 4.99 Å². The number of aromatic nitrogens is 1. The Bertz CT molecular complexity index is 1240. The maximum Gasteiger partial charge on any atom is 0.238 e. The van der Waals surface area contributed by atoms with Gasteiger partial charge in [-0.05, 0) is 48.0 Å². The van der Waals surface area contributed by atoms with Crippen LogP contribution in [0.1, 0.15) is 11.1 Å². The van der Waals surface area contributed by atoms with Gasteiger partial charge in [-0.1, -0.05) is 18.2 Å². The second kappa shape index (κ2) is 8.97. The second-order valence-electron chi connectivity index (χ2n) is 6.60. The van der Waals surface area contributed by atoms with Gasteiger partial charge in [0.25, 0.3) is 0 Å². The Balaban J connectivity index is 1.87. The zero-order valence-corrected chi connectivity index (χ0v) is 17.1. The van der Waals surface area contributed by atoms with Crippen LogP contribution in [0.25, 0.3) is 22.5 Å². The van der Waals surface area contributed by atoms with E-state index < -0.39 is 0 Å². The van der Waals surface area contributed by atoms with E-state index in [1.807, 2.05) is 60.7 Å². The van der Waals surface area contributed by atoms with Crippen LogP contribution < -0.4 is 9.47 Å². The summed E-state index contributed by atoms with van der Waals surface area (Å²) in [6.45, 7) is 0. The van der Waals surface area contributed by atoms with Crippen molar-refractivity contribution in [1.82, 2.24) is 4.98 Å². The maximum atomic E-state index is 9.96. The Morgan fingerprint density at radius 3 is 2.13 bits per heavy atom. The Hall–Kier alpha value is -4.37. The smallest absolute Gasteiger partial charge is 0.238 e. The molecule has 0 unspecified atom stereocenters. The maximum absolute atomic E-state index is 9.96. The average molecular weight is 409 g/mol. The minimum Gasteiger partial charge on any atom is -0.497 e. The third kappa shape index (κ3) is 4.16. The van der Waals surface area contributed by atoms with Crippen molar-refractivity contribution in [3.05, 3.63) is 84.2 Å². The highest BCUT2D eigenvalue weighted by Gasteiger charge is 2.23. The fourth-order valence-electron chi connectivity index (χ4n) is 3.18. The zero-order chi connectivity index (χ0) is 21.6. The lowest BCUT2D eigenvalue weighted by molar-refractivity contribution is 0.414. The molecule has 6 heteroatoms. The third-order valence-electron chi connectivity index (χ3n) is 4.75. The first kappa shape index (κ1) is 19.9. The number of ether oxygens (including phenoxy) is 2. The third-order valence-corrected chi connectivity index (χ3v) is 4.75. The Morgan fingerprint density at radius 2 is 1.58 bits per heavy atom. The van der Waals surface area contributed by atoms with Crippen molar-refractivity contribution < 1.29 is 13.9 Å². The molecule has 0 fully saturated rings. The van der Waals surface area contributed by atoms with Gasteiger partial charge in [0.2, 0.25) is 5.88 Å². The Morgan fingerprint density at radius 1 is 0.935 bits per heavy atom. The van der Waals surface area contributed by atoms with Gasteiger partial charge in [0.1, 0.15) is 28.9 Å². The first-order chi connectivity index (χ1) is 15.2. The molecule has 0 aliphatic rings. The number of benzene rings is 2. The number of furan rings is 1. The average Bonchev–Trinajstić information content (AvgIpc) is 3.22. The van der Waals surface area contributed by atoms with E-state index in [-0.39, 0.29) is 5.88 Å². The van der Waals surface area contributed by atoms with Gasteiger partial charge in [-0.2, -0.15) is 5.26 Å². The highest BCUT2D eigenvalue weighted by atomic mass is 16.5. The number of methoxy groups -OCH3 is 2. The summed E-state index contributed by atoms with van der Waals surface area (Å²) < 4.78 is 16.6. The quantitative estimate of drug-likeness (QED) is 0.385. The monoisotopic (exact) mass is 409 g/mol. The van der Waals surface area contributed by atoms with Crippen LogP contribution in [-0.4, -0.2) is 25.4 Å². The number of rotatable bonds is 6. The normalized spacial score (nSPS) is 10.7. The number of hydrogen-bond donors (Lipinski definition) is 0. The SMILES string of the molecule is COc1ccc(-c2oc(N=Cc3cccnc3)c(C#N)c2-c2ccc(OC)cc2)cc1. The van der Waals surface area contributed by atoms with Crippen molar-refractivity contribution in [2.24, 2.45) is 4.99 Å². The van der Waals surface area contributed by atoms with Crippen LogP contribution in [0.3, 0.4) is 0 Å². The van der Waals surface area contributed by atoms with Crippen molar-refractivity contribution in [3.63, 3.8) is 0 Å². The van der Waals surface area contributed by atoms with Crippen molar-refractivity contribution in [1.29, 1.82) is 5.26 Å². The predicted molar refractivity (Wildman–Crippen MR) is 119 cm³/mol. The fraction of sp³-hybridized carbons (Fsp3) is 0.0800. The summed E-state index contributed by atoms with van der Waals surface area (Å²) in [5.41, 5.74) is 3.48. The highest BCUT2D eigenvalue weighted by molar-refractivity contribution is 5.90. The van der Waals surface area contributed by atoms with Gasteiger partial charge in [0.05, 0.1) is 14.2 Å². The molecule has 0 spiro atoms. The first-order valence-electron chi connectivity index (χ1n) is 9.53. The molecule has 0 amide bonds. The molecule has 0 aliphatic heterocycles. The molecule has 2 heterocycles. The molecule has 0 saturated carbocycles. The summed E-state index contributed by atoms with van der Waals surface area (Å²) >= 11 is 0. The largest absolute Gasteiger partial charge is 0.497 e. The van der Waals surface area contributed by atoms with Crippen molar-refractivity contribution in [2.75, 3.05) is 14.2 Å². The lowest BCUT2D eigenvalue weighted by Crippen LogP contribution is -1.87. The van der Waals surface area contributed by atoms with Crippen LogP contribution in [-0.2, 0) is 0 Å². The Kier molecular flexibility index (Phi) is 5.77. The van der Waals surface area contributed by atoms with Crippen LogP contribution >= 0.6 is 0 Å². The van der Waals surface area contributed by atoms with Gasteiger partial charge in [0.15, 0.2) is 0 Å². The summed E-state index contributed by atoms with van der Waals surface area (Å²) in [7, 11) is 3.23. The number of hydrogen-bond acceptors (Lipinski definition) is 6. The molecule has 2 aromatic heterocycles. The molecule has 31 heavy (non-hydrogen) atoms. The van der Waals surface area contributed by atoms with Gasteiger partial charge in [-0.15, -0.1) is 0 Å². The number of pyridine rings is 1. The molecule has 4 rings (SSSR count). The zero-order valence-electron chi connectivity index (χ0n) is 17.1. The molecule has 6 nitrogen and oxygen atoms in total. The number of nitriles is 1. The summed E-state index contributed by atoms with van der Waals surface area (Å²) in [6, 6.07) is 20.9. The van der Waals surface area contributed by atoms with Crippen LogP contribution in [0.2, 0.25) is 0 Å². The van der Waals surface area contributed by atoms with Crippen LogP contribution in [0.4, 0.5) is 5.88 Å². The molecule has 4 aromatic rings. The molecule has 0 atom stereocenters. The number of nitrogens with zero attached hydrogens (tertiary/aromatic N) is 3. The van der Waals surface area contributed by atoms with E-state index in [9.17, 15) is 5.26 Å². The molecule has 0 radical (unpaired) electrons. The Labute approximate surface area is 180 Å². The molecule has 2 aromatic carbocycles. The van der Waals surface area contributed by atoms with E-state index in [1.54, 1.807) is 32.8 Å². The molecular formula is C25H19N3O3. The summed E-state index contributed by atoms with van der Waals surface area (Å²) in [5.74, 6) is 2.26. The van der Waals surface area contributed by atoms with Gasteiger partial charge in [0, 0.05) is 35.3 Å². The fourth-order valence-corrected chi connectivity index (χ4v) is 3.18. The van der Waals surface area contributed by atoms with E-state index in [4.69, 9.17) is 13.9 Å². The molecule has 0 saturated heterocycles. The first-order valence-corrected chi connectivity index (χ1v) is 9.53. The van der Waals surface area contributed by atoms with E-state index in [0.717, 1.165) is 28.2 Å². The van der Waals surface area contributed by atoms with Crippen molar-refractivity contribution >= 4 is 12.1 Å². The van der Waals surface area contributed by atoms with E-state index in [0.29, 0.717) is 16.9 Å². The van der Waals surface area contributed by atoms with E-state index in [1.165, 1.54) is 0 Å². The van der Waals surface area contributed by atoms with Crippen LogP contribution in [0.15, 0.2) is 82.5 Å². The molecule has 152 valence electrons. The van der Waals surface area contributed by atoms with Gasteiger partial charge < -0.3 is 13.9 Å². The standard InChI is InChI=1S/C25H19N3O3/c1-29-20-9-5-18(6-10-20)23-22(14-26)25(28-16-17-4-3-13-27-15-17)31-24(23)19-7-11-21(30-2)12-8-19/h3-13,15-16H,1-2H3.